The van der Waals surface area contributed by atoms with Gasteiger partial charge in [-0.15, -0.1) is 0 Å². The predicted molar refractivity (Wildman–Crippen MR) is 273 cm³/mol. The van der Waals surface area contributed by atoms with Crippen molar-refractivity contribution in [3.05, 3.63) is 137 Å². The van der Waals surface area contributed by atoms with Gasteiger partial charge in [-0.3, -0.25) is 64.0 Å². The minimum Gasteiger partial charge on any atom is -0.756 e. The summed E-state index contributed by atoms with van der Waals surface area (Å²) in [6.07, 6.45) is 5.65. The molecule has 80 heavy (non-hydrogen) atoms. The van der Waals surface area contributed by atoms with E-state index < -0.39 is 106 Å². The molecule has 2 fully saturated rings. The van der Waals surface area contributed by atoms with Crippen LogP contribution in [0, 0.1) is 40.5 Å². The number of nitrogen functional groups attached to an aromatic ring is 1. The second kappa shape index (κ2) is 27.6. The van der Waals surface area contributed by atoms with Crippen molar-refractivity contribution in [1.82, 2.24) is 9.80 Å². The van der Waals surface area contributed by atoms with Gasteiger partial charge in [-0.2, -0.15) is 9.13 Å². The Morgan fingerprint density at radius 1 is 0.675 bits per heavy atom. The SMILES string of the molecule is CC(C)(C)OC(=O)N1C[C@@H](N)C[C@H]1COP(=O)(O)O.CC(C)(C)OC(=O)N1C[C@@H]([n+]2cccc(C(N)=O)c2)C[C@H]1COP(=O)([O-])O.NC(=O)c1ccc[n+](-c2ccc([N+](=O)[O-])cc2[N+](=O)[O-])c1.Nc1ccc([N+](=O)[O-])cc1[N+](=O)[O-]. The van der Waals surface area contributed by atoms with E-state index in [1.165, 1.54) is 45.0 Å². The zero-order valence-corrected chi connectivity index (χ0v) is 45.3. The number of carbonyl (C=O) groups is 4. The van der Waals surface area contributed by atoms with Crippen molar-refractivity contribution in [3.63, 3.8) is 0 Å². The first kappa shape index (κ1) is 66.1. The molecule has 436 valence electrons. The molecule has 0 aliphatic carbocycles. The number of nitrogens with two attached hydrogens (primary N) is 4. The lowest BCUT2D eigenvalue weighted by Gasteiger charge is -2.28. The lowest BCUT2D eigenvalue weighted by atomic mass is 10.1. The monoisotopic (exact) mass is 1170 g/mol. The number of hydrogen-bond donors (Lipinski definition) is 7. The first-order valence-electron chi connectivity index (χ1n) is 23.1. The van der Waals surface area contributed by atoms with Gasteiger partial charge in [0.05, 0.1) is 57.6 Å². The van der Waals surface area contributed by atoms with Crippen LogP contribution in [-0.4, -0.2) is 124 Å². The third-order valence-corrected chi connectivity index (χ3v) is 11.6. The van der Waals surface area contributed by atoms with Crippen LogP contribution < -0.4 is 37.0 Å². The van der Waals surface area contributed by atoms with Crippen molar-refractivity contribution in [2.75, 3.05) is 32.0 Å². The van der Waals surface area contributed by atoms with Gasteiger partial charge >= 0.3 is 25.7 Å². The number of benzene rings is 2. The topological polar surface area (TPSA) is 514 Å². The molecule has 36 heteroatoms. The number of nitro groups is 4. The van der Waals surface area contributed by atoms with E-state index >= 15 is 0 Å². The molecule has 1 unspecified atom stereocenters. The highest BCUT2D eigenvalue weighted by Gasteiger charge is 2.43. The summed E-state index contributed by atoms with van der Waals surface area (Å²) in [6, 6.07) is 10.9. The summed E-state index contributed by atoms with van der Waals surface area (Å²) >= 11 is 0. The molecular formula is C44H59N12O22P2+. The van der Waals surface area contributed by atoms with Crippen LogP contribution in [0.15, 0.2) is 85.5 Å². The summed E-state index contributed by atoms with van der Waals surface area (Å²) in [6.45, 7) is 10.2. The second-order valence-electron chi connectivity index (χ2n) is 19.2. The molecule has 4 heterocycles. The van der Waals surface area contributed by atoms with Crippen molar-refractivity contribution in [1.29, 1.82) is 0 Å². The average Bonchev–Trinajstić information content (AvgIpc) is 3.95. The molecule has 2 aliphatic rings. The van der Waals surface area contributed by atoms with Gasteiger partial charge in [0.25, 0.3) is 42.4 Å². The molecule has 5 atom stereocenters. The van der Waals surface area contributed by atoms with Crippen LogP contribution in [0.5, 0.6) is 0 Å². The number of phosphoric acid groups is 2. The van der Waals surface area contributed by atoms with E-state index in [0.29, 0.717) is 18.4 Å². The molecule has 0 spiro atoms. The minimum absolute atomic E-state index is 0.0874. The molecular weight excluding hydrogens is 1110 g/mol. The summed E-state index contributed by atoms with van der Waals surface area (Å²) in [5, 5.41) is 42.3. The number of phosphoric ester groups is 2. The summed E-state index contributed by atoms with van der Waals surface area (Å²) < 4.78 is 44.2. The van der Waals surface area contributed by atoms with Gasteiger partial charge in [0.1, 0.15) is 34.1 Å². The van der Waals surface area contributed by atoms with E-state index in [-0.39, 0.29) is 54.4 Å². The summed E-state index contributed by atoms with van der Waals surface area (Å²) in [7, 11) is -9.48. The Labute approximate surface area is 453 Å². The molecule has 0 saturated carbocycles. The molecule has 0 radical (unpaired) electrons. The number of nitro benzene ring substituents is 4. The summed E-state index contributed by atoms with van der Waals surface area (Å²) in [5.41, 5.74) is 18.9. The minimum atomic E-state index is -4.93. The fraction of sp³-hybridized carbons (Fsp3) is 0.409. The lowest BCUT2D eigenvalue weighted by Crippen LogP contribution is -2.44. The number of carbonyl (C=O) groups excluding carboxylic acids is 4. The van der Waals surface area contributed by atoms with E-state index in [1.807, 2.05) is 0 Å². The van der Waals surface area contributed by atoms with Crippen LogP contribution in [-0.2, 0) is 27.7 Å². The average molecular weight is 1170 g/mol. The first-order chi connectivity index (χ1) is 36.7. The molecule has 2 aromatic carbocycles. The number of likely N-dealkylation sites (tertiary alicyclic amines) is 2. The van der Waals surface area contributed by atoms with Crippen molar-refractivity contribution < 1.29 is 95.2 Å². The number of primary amides is 2. The molecule has 11 N–H and O–H groups in total. The predicted octanol–water partition coefficient (Wildman–Crippen LogP) is 2.50. The fourth-order valence-corrected chi connectivity index (χ4v) is 7.99. The third-order valence-electron chi connectivity index (χ3n) is 10.6. The number of anilines is 1. The Morgan fingerprint density at radius 3 is 1.61 bits per heavy atom. The lowest BCUT2D eigenvalue weighted by molar-refractivity contribution is -0.719. The van der Waals surface area contributed by atoms with Gasteiger partial charge in [-0.25, -0.2) is 14.2 Å². The van der Waals surface area contributed by atoms with Gasteiger partial charge in [0, 0.05) is 49.3 Å². The maximum atomic E-state index is 12.5. The van der Waals surface area contributed by atoms with Crippen LogP contribution in [0.4, 0.5) is 38.0 Å². The molecule has 2 saturated heterocycles. The summed E-state index contributed by atoms with van der Waals surface area (Å²) in [5.74, 6) is -1.27. The Bertz CT molecular complexity index is 3060. The molecule has 0 bridgehead atoms. The first-order valence-corrected chi connectivity index (χ1v) is 26.1. The Kier molecular flexibility index (Phi) is 22.8. The molecule has 34 nitrogen and oxygen atoms in total. The normalized spacial score (nSPS) is 17.6. The van der Waals surface area contributed by atoms with E-state index in [2.05, 4.69) is 9.05 Å². The molecule has 6 rings (SSSR count). The maximum absolute atomic E-state index is 12.5. The van der Waals surface area contributed by atoms with E-state index in [1.54, 1.807) is 70.6 Å². The number of amides is 4. The number of aromatic nitrogens is 2. The zero-order valence-electron chi connectivity index (χ0n) is 43.5. The van der Waals surface area contributed by atoms with Crippen LogP contribution in [0.3, 0.4) is 0 Å². The van der Waals surface area contributed by atoms with Crippen molar-refractivity contribution in [2.24, 2.45) is 17.2 Å². The zero-order chi connectivity index (χ0) is 60.8. The highest BCUT2D eigenvalue weighted by atomic mass is 31.2. The number of nitrogens with zero attached hydrogens (tertiary/aromatic N) is 8. The van der Waals surface area contributed by atoms with Crippen LogP contribution in [0.2, 0.25) is 0 Å². The van der Waals surface area contributed by atoms with Gasteiger partial charge in [0.15, 0.2) is 30.8 Å². The van der Waals surface area contributed by atoms with Crippen molar-refractivity contribution in [3.8, 4) is 5.69 Å². The molecule has 2 aromatic heterocycles. The van der Waals surface area contributed by atoms with Gasteiger partial charge in [-0.05, 0) is 66.2 Å². The van der Waals surface area contributed by atoms with E-state index in [9.17, 15) is 73.7 Å². The highest BCUT2D eigenvalue weighted by molar-refractivity contribution is 7.46. The largest absolute Gasteiger partial charge is 0.756 e. The van der Waals surface area contributed by atoms with Crippen LogP contribution in [0.1, 0.15) is 81.1 Å². The standard InChI is InChI=1S/C16H24N3O7P.C12H8N4O5.C10H21N2O6P.C6H5N3O4/c1-16(2,3)26-15(21)19-9-12(7-13(19)10-25-27(22,23)24)18-6-4-5-11(8-18)14(17)20;13-12(17)8-2-1-5-14(7-8)10-4-3-9(15(18)19)6-11(10)16(20)21;1-10(2,3)18-9(13)12-5-7(11)4-8(12)6-17-19(14,15)16;7-5-2-1-4(8(10)11)3-6(5)9(12)13/h4-6,8,12-13H,7,9-10H2,1-3H3,(H3-,17,20,22,23,24);1-7H,(H-,13,17);7-8H,4-6,11H2,1-3H3,(H2,14,15,16);1-3H,7H2/p+1/t12-,13-;;7-,8-;/m0.0./s1. The number of pyridine rings is 2. The third kappa shape index (κ3) is 21.6. The Hall–Kier alpha value is -8.20. The van der Waals surface area contributed by atoms with Gasteiger partial charge in [0.2, 0.25) is 0 Å². The van der Waals surface area contributed by atoms with E-state index in [4.69, 9.17) is 47.1 Å². The number of non-ortho nitro benzene ring substituents is 2. The highest BCUT2D eigenvalue weighted by Crippen LogP contribution is 2.37. The summed E-state index contributed by atoms with van der Waals surface area (Å²) in [4.78, 5) is 126. The molecule has 2 aliphatic heterocycles. The fourth-order valence-electron chi connectivity index (χ4n) is 7.26. The smallest absolute Gasteiger partial charge is 0.469 e. The molecule has 4 aromatic rings. The van der Waals surface area contributed by atoms with E-state index in [0.717, 1.165) is 30.3 Å². The molecule has 4 amide bonds. The maximum Gasteiger partial charge on any atom is 0.469 e. The number of ether oxygens (including phenoxy) is 2. The van der Waals surface area contributed by atoms with Gasteiger partial charge < -0.3 is 61.4 Å². The second-order valence-corrected chi connectivity index (χ2v) is 21.7. The number of hydrogen-bond acceptors (Lipinski definition) is 21. The van der Waals surface area contributed by atoms with Crippen molar-refractivity contribution >= 4 is 68.1 Å². The number of rotatable bonds is 14. The van der Waals surface area contributed by atoms with Gasteiger partial charge in [-0.1, -0.05) is 0 Å². The Morgan fingerprint density at radius 2 is 1.14 bits per heavy atom. The quantitative estimate of drug-likeness (QED) is 0.0313. The van der Waals surface area contributed by atoms with Crippen molar-refractivity contribution in [2.45, 2.75) is 89.8 Å². The van der Waals surface area contributed by atoms with Crippen LogP contribution in [0.25, 0.3) is 5.69 Å². The van der Waals surface area contributed by atoms with Crippen LogP contribution >= 0.6 is 15.6 Å². The Balaban J connectivity index is 0.000000288.